The van der Waals surface area contributed by atoms with Crippen LogP contribution in [0.25, 0.3) is 11.1 Å². The number of hydrogen-bond acceptors (Lipinski definition) is 7. The van der Waals surface area contributed by atoms with Gasteiger partial charge in [-0.1, -0.05) is 6.08 Å². The minimum absolute atomic E-state index is 0.155. The van der Waals surface area contributed by atoms with Crippen molar-refractivity contribution in [3.8, 4) is 11.1 Å². The van der Waals surface area contributed by atoms with Gasteiger partial charge in [-0.2, -0.15) is 0 Å². The highest BCUT2D eigenvalue weighted by molar-refractivity contribution is 8.02. The molecule has 1 aromatic carbocycles. The minimum atomic E-state index is -0.159. The molecule has 220 valence electrons. The topological polar surface area (TPSA) is 84.6 Å². The summed E-state index contributed by atoms with van der Waals surface area (Å²) < 4.78 is 2.60. The lowest BCUT2D eigenvalue weighted by Gasteiger charge is -2.33. The molecule has 0 atom stereocenters. The van der Waals surface area contributed by atoms with E-state index in [0.29, 0.717) is 11.1 Å². The second-order valence-corrected chi connectivity index (χ2v) is 13.5. The maximum absolute atomic E-state index is 13.8. The zero-order chi connectivity index (χ0) is 29.4. The lowest BCUT2D eigenvalue weighted by atomic mass is 9.97. The molecule has 2 N–H and O–H groups in total. The molecule has 0 bridgehead atoms. The predicted octanol–water partition coefficient (Wildman–Crippen LogP) is 4.85. The first-order valence-electron chi connectivity index (χ1n) is 14.9. The van der Waals surface area contributed by atoms with Crippen molar-refractivity contribution in [3.63, 3.8) is 0 Å². The van der Waals surface area contributed by atoms with Crippen molar-refractivity contribution in [2.75, 3.05) is 49.0 Å². The molecule has 1 saturated heterocycles. The maximum Gasteiger partial charge on any atom is 0.253 e. The molecule has 6 rings (SSSR count). The molecule has 9 heteroatoms. The van der Waals surface area contributed by atoms with Crippen LogP contribution in [0, 0.1) is 13.8 Å². The van der Waals surface area contributed by atoms with Gasteiger partial charge < -0.3 is 24.4 Å². The first-order valence-corrected chi connectivity index (χ1v) is 15.6. The van der Waals surface area contributed by atoms with Gasteiger partial charge in [0, 0.05) is 72.6 Å². The van der Waals surface area contributed by atoms with Gasteiger partial charge in [0.05, 0.1) is 5.69 Å². The van der Waals surface area contributed by atoms with Crippen molar-refractivity contribution in [1.82, 2.24) is 20.2 Å². The number of nitrogens with zero attached hydrogens (tertiary/aromatic N) is 4. The molecule has 2 fully saturated rings. The Labute approximate surface area is 252 Å². The first-order chi connectivity index (χ1) is 20.2. The Kier molecular flexibility index (Phi) is 7.89. The van der Waals surface area contributed by atoms with Crippen molar-refractivity contribution >= 4 is 29.4 Å². The molecule has 1 amide bonds. The van der Waals surface area contributed by atoms with Gasteiger partial charge in [-0.3, -0.25) is 9.59 Å². The van der Waals surface area contributed by atoms with E-state index >= 15 is 0 Å². The number of amides is 1. The van der Waals surface area contributed by atoms with E-state index in [4.69, 9.17) is 4.98 Å². The van der Waals surface area contributed by atoms with E-state index in [2.05, 4.69) is 56.2 Å². The quantitative estimate of drug-likeness (QED) is 0.275. The van der Waals surface area contributed by atoms with E-state index in [9.17, 15) is 9.59 Å². The highest BCUT2D eigenvalue weighted by Gasteiger charge is 2.45. The smallest absolute Gasteiger partial charge is 0.253 e. The molecule has 1 saturated carbocycles. The lowest BCUT2D eigenvalue weighted by molar-refractivity contribution is 0.0950. The molecular weight excluding hydrogens is 544 g/mol. The third-order valence-electron chi connectivity index (χ3n) is 8.76. The Balaban J connectivity index is 1.31. The molecule has 2 aromatic heterocycles. The number of carbonyl (C=O) groups is 1. The first kappa shape index (κ1) is 28.6. The number of anilines is 2. The van der Waals surface area contributed by atoms with Gasteiger partial charge in [0.2, 0.25) is 0 Å². The van der Waals surface area contributed by atoms with E-state index in [-0.39, 0.29) is 22.8 Å². The fourth-order valence-corrected chi connectivity index (χ4v) is 7.44. The number of pyridine rings is 2. The monoisotopic (exact) mass is 584 g/mol. The molecular formula is C33H40N6O2S. The van der Waals surface area contributed by atoms with Gasteiger partial charge in [-0.15, -0.1) is 6.58 Å². The van der Waals surface area contributed by atoms with E-state index in [0.717, 1.165) is 85.0 Å². The van der Waals surface area contributed by atoms with Crippen molar-refractivity contribution < 1.29 is 4.79 Å². The maximum atomic E-state index is 13.8. The molecule has 0 spiro atoms. The van der Waals surface area contributed by atoms with Crippen molar-refractivity contribution in [1.29, 1.82) is 0 Å². The number of fused-ring (bicyclic) bond motifs is 1. The van der Waals surface area contributed by atoms with Crippen LogP contribution in [0.15, 0.2) is 54.0 Å². The van der Waals surface area contributed by atoms with Crippen molar-refractivity contribution in [2.45, 2.75) is 50.8 Å². The number of hydrogen-bond donors (Lipinski definition) is 2. The molecule has 3 aliphatic rings. The van der Waals surface area contributed by atoms with E-state index in [1.165, 1.54) is 12.8 Å². The Bertz CT molecular complexity index is 1550. The van der Waals surface area contributed by atoms with Gasteiger partial charge in [0.1, 0.15) is 5.82 Å². The Morgan fingerprint density at radius 3 is 2.57 bits per heavy atom. The standard InChI is InChI=1S/C33H40N6O2S/c1-5-9-33(10-11-33)42-39-12-8-26-27(31(40)35-21-28-22(2)17-23(3)36-32(28)41)18-25(19-29(26)39)24-6-7-30(34-20-24)38-15-13-37(4)14-16-38/h5-7,17-20H,1,8-16,21H2,2-4H3,(H,35,40)(H,36,41). The molecule has 0 radical (unpaired) electrons. The highest BCUT2D eigenvalue weighted by atomic mass is 32.2. The van der Waals surface area contributed by atoms with Crippen LogP contribution >= 0.6 is 11.9 Å². The largest absolute Gasteiger partial charge is 0.354 e. The van der Waals surface area contributed by atoms with Crippen LogP contribution in [0.5, 0.6) is 0 Å². The number of likely N-dealkylation sites (N-methyl/N-ethyl adjacent to an activating group) is 1. The van der Waals surface area contributed by atoms with Crippen molar-refractivity contribution in [2.24, 2.45) is 0 Å². The van der Waals surface area contributed by atoms with Crippen LogP contribution in [-0.2, 0) is 13.0 Å². The van der Waals surface area contributed by atoms with Crippen LogP contribution in [-0.4, -0.2) is 65.3 Å². The Morgan fingerprint density at radius 1 is 1.12 bits per heavy atom. The summed E-state index contributed by atoms with van der Waals surface area (Å²) in [4.78, 5) is 38.7. The predicted molar refractivity (Wildman–Crippen MR) is 173 cm³/mol. The second kappa shape index (κ2) is 11.6. The average Bonchev–Trinajstić information content (AvgIpc) is 3.62. The summed E-state index contributed by atoms with van der Waals surface area (Å²) in [5.74, 6) is 0.829. The Morgan fingerprint density at radius 2 is 1.90 bits per heavy atom. The fourth-order valence-electron chi connectivity index (χ4n) is 6.05. The second-order valence-electron chi connectivity index (χ2n) is 12.0. The fraction of sp³-hybridized carbons (Fsp3) is 0.424. The number of aromatic nitrogens is 2. The normalized spacial score (nSPS) is 17.7. The number of rotatable bonds is 9. The van der Waals surface area contributed by atoms with E-state index in [1.807, 2.05) is 50.2 Å². The Hall–Kier alpha value is -3.56. The average molecular weight is 585 g/mol. The van der Waals surface area contributed by atoms with Crippen LogP contribution in [0.1, 0.15) is 52.0 Å². The van der Waals surface area contributed by atoms with Gasteiger partial charge >= 0.3 is 0 Å². The van der Waals surface area contributed by atoms with Gasteiger partial charge in [-0.05, 0) is 106 Å². The lowest BCUT2D eigenvalue weighted by Crippen LogP contribution is -2.44. The van der Waals surface area contributed by atoms with Crippen LogP contribution in [0.2, 0.25) is 0 Å². The summed E-state index contributed by atoms with van der Waals surface area (Å²) in [6.45, 7) is 12.8. The number of benzene rings is 1. The van der Waals surface area contributed by atoms with Crippen LogP contribution < -0.4 is 20.1 Å². The summed E-state index contributed by atoms with van der Waals surface area (Å²) in [5, 5.41) is 3.05. The molecule has 2 aliphatic heterocycles. The third kappa shape index (κ3) is 5.85. The molecule has 0 unspecified atom stereocenters. The number of allylic oxidation sites excluding steroid dienone is 1. The summed E-state index contributed by atoms with van der Waals surface area (Å²) in [7, 11) is 2.15. The number of piperazine rings is 1. The molecule has 3 aromatic rings. The van der Waals surface area contributed by atoms with Gasteiger partial charge in [-0.25, -0.2) is 4.98 Å². The summed E-state index contributed by atoms with van der Waals surface area (Å²) in [5.41, 5.74) is 6.92. The number of aryl methyl sites for hydroxylation is 2. The summed E-state index contributed by atoms with van der Waals surface area (Å²) >= 11 is 1.91. The van der Waals surface area contributed by atoms with Crippen LogP contribution in [0.4, 0.5) is 11.5 Å². The zero-order valence-corrected chi connectivity index (χ0v) is 25.6. The van der Waals surface area contributed by atoms with E-state index < -0.39 is 0 Å². The zero-order valence-electron chi connectivity index (χ0n) is 24.8. The van der Waals surface area contributed by atoms with Crippen molar-refractivity contribution in [3.05, 3.63) is 87.5 Å². The number of H-pyrrole nitrogens is 1. The number of aromatic amines is 1. The summed E-state index contributed by atoms with van der Waals surface area (Å²) in [6, 6.07) is 10.4. The molecule has 4 heterocycles. The van der Waals surface area contributed by atoms with Crippen LogP contribution in [0.3, 0.4) is 0 Å². The third-order valence-corrected chi connectivity index (χ3v) is 10.3. The number of nitrogens with one attached hydrogen (secondary N) is 2. The number of carbonyl (C=O) groups excluding carboxylic acids is 1. The van der Waals surface area contributed by atoms with Gasteiger partial charge in [0.25, 0.3) is 11.5 Å². The SMILES string of the molecule is C=CCC1(SN2CCc3c(C(=O)NCc4c(C)cc(C)[nH]c4=O)cc(-c4ccc(N5CCN(C)CC5)nc4)cc32)CC1. The summed E-state index contributed by atoms with van der Waals surface area (Å²) in [6.07, 6.45) is 8.11. The minimum Gasteiger partial charge on any atom is -0.354 e. The molecule has 8 nitrogen and oxygen atoms in total. The van der Waals surface area contributed by atoms with E-state index in [1.54, 1.807) is 0 Å². The molecule has 1 aliphatic carbocycles. The van der Waals surface area contributed by atoms with Gasteiger partial charge in [0.15, 0.2) is 0 Å². The molecule has 42 heavy (non-hydrogen) atoms. The highest BCUT2D eigenvalue weighted by Crippen LogP contribution is 2.55.